The summed E-state index contributed by atoms with van der Waals surface area (Å²) < 4.78 is 10.8. The summed E-state index contributed by atoms with van der Waals surface area (Å²) in [4.78, 5) is 14.8. The molecule has 0 radical (unpaired) electrons. The summed E-state index contributed by atoms with van der Waals surface area (Å²) >= 11 is 0. The fourth-order valence-electron chi connectivity index (χ4n) is 4.06. The van der Waals surface area contributed by atoms with Crippen molar-refractivity contribution >= 4 is 5.91 Å². The second-order valence-corrected chi connectivity index (χ2v) is 7.46. The van der Waals surface area contributed by atoms with Crippen LogP contribution in [0.25, 0.3) is 0 Å². The van der Waals surface area contributed by atoms with Gasteiger partial charge in [-0.25, -0.2) is 0 Å². The molecular weight excluding hydrogens is 292 g/mol. The zero-order chi connectivity index (χ0) is 15.9. The molecule has 1 N–H and O–H groups in total. The van der Waals surface area contributed by atoms with Gasteiger partial charge < -0.3 is 19.7 Å². The Labute approximate surface area is 140 Å². The monoisotopic (exact) mass is 324 g/mol. The van der Waals surface area contributed by atoms with Gasteiger partial charge in [0.15, 0.2) is 0 Å². The van der Waals surface area contributed by atoms with Crippen LogP contribution in [0.5, 0.6) is 0 Å². The molecule has 23 heavy (non-hydrogen) atoms. The van der Waals surface area contributed by atoms with Crippen molar-refractivity contribution in [1.82, 2.24) is 10.2 Å². The molecule has 0 bridgehead atoms. The molecule has 1 amide bonds. The minimum atomic E-state index is 0.250. The van der Waals surface area contributed by atoms with Crippen LogP contribution in [0.1, 0.15) is 44.9 Å². The fourth-order valence-corrected chi connectivity index (χ4v) is 4.06. The molecule has 5 nitrogen and oxygen atoms in total. The van der Waals surface area contributed by atoms with E-state index in [4.69, 9.17) is 9.47 Å². The Morgan fingerprint density at radius 2 is 1.48 bits per heavy atom. The van der Waals surface area contributed by atoms with Gasteiger partial charge in [-0.2, -0.15) is 0 Å². The van der Waals surface area contributed by atoms with Crippen molar-refractivity contribution in [1.29, 1.82) is 0 Å². The minimum Gasteiger partial charge on any atom is -0.381 e. The average Bonchev–Trinajstić information content (AvgIpc) is 2.58. The number of hydrogen-bond donors (Lipinski definition) is 1. The molecule has 0 atom stereocenters. The molecule has 3 aliphatic rings. The van der Waals surface area contributed by atoms with Gasteiger partial charge in [0, 0.05) is 45.4 Å². The van der Waals surface area contributed by atoms with Crippen molar-refractivity contribution in [2.24, 2.45) is 11.8 Å². The first-order chi connectivity index (χ1) is 11.3. The predicted molar refractivity (Wildman–Crippen MR) is 89.3 cm³/mol. The molecule has 0 aromatic rings. The second-order valence-electron chi connectivity index (χ2n) is 7.46. The van der Waals surface area contributed by atoms with Crippen molar-refractivity contribution in [3.63, 3.8) is 0 Å². The molecular formula is C18H32N2O3. The zero-order valence-electron chi connectivity index (χ0n) is 14.3. The number of amides is 1. The van der Waals surface area contributed by atoms with E-state index in [1.54, 1.807) is 0 Å². The van der Waals surface area contributed by atoms with E-state index in [0.29, 0.717) is 18.4 Å². The van der Waals surface area contributed by atoms with E-state index in [1.807, 2.05) is 0 Å². The van der Waals surface area contributed by atoms with Crippen LogP contribution in [0.4, 0.5) is 0 Å². The quantitative estimate of drug-likeness (QED) is 0.838. The Hall–Kier alpha value is -0.650. The van der Waals surface area contributed by atoms with Gasteiger partial charge in [-0.05, 0) is 63.5 Å². The third-order valence-electron chi connectivity index (χ3n) is 5.62. The molecule has 0 spiro atoms. The molecule has 0 saturated carbocycles. The lowest BCUT2D eigenvalue weighted by Crippen LogP contribution is -2.42. The summed E-state index contributed by atoms with van der Waals surface area (Å²) in [5.41, 5.74) is 0. The molecule has 3 heterocycles. The summed E-state index contributed by atoms with van der Waals surface area (Å²) in [6.45, 7) is 7.00. The Kier molecular flexibility index (Phi) is 6.72. The van der Waals surface area contributed by atoms with E-state index in [1.165, 1.54) is 32.2 Å². The van der Waals surface area contributed by atoms with Gasteiger partial charge in [0.1, 0.15) is 0 Å². The number of hydrogen-bond acceptors (Lipinski definition) is 4. The fraction of sp³-hybridized carbons (Fsp3) is 0.944. The molecule has 0 aromatic heterocycles. The number of carbonyl (C=O) groups excluding carboxylic acids is 1. The van der Waals surface area contributed by atoms with Gasteiger partial charge in [-0.3, -0.25) is 4.79 Å². The number of rotatable bonds is 5. The number of likely N-dealkylation sites (tertiary alicyclic amines) is 1. The molecule has 3 fully saturated rings. The molecule has 0 aromatic carbocycles. The Morgan fingerprint density at radius 1 is 0.870 bits per heavy atom. The van der Waals surface area contributed by atoms with Crippen molar-refractivity contribution in [2.45, 2.75) is 51.0 Å². The van der Waals surface area contributed by atoms with Gasteiger partial charge in [0.2, 0.25) is 5.91 Å². The van der Waals surface area contributed by atoms with Crippen molar-refractivity contribution in [3.05, 3.63) is 0 Å². The topological polar surface area (TPSA) is 50.8 Å². The number of piperidine rings is 1. The standard InChI is InChI=1S/C18H32N2O3/c21-18(19-17-5-11-23-12-6-17)13-15-1-7-20(8-2-15)14-16-3-9-22-10-4-16/h15-17H,1-14H2,(H,19,21). The lowest BCUT2D eigenvalue weighted by molar-refractivity contribution is -0.123. The smallest absolute Gasteiger partial charge is 0.220 e. The largest absolute Gasteiger partial charge is 0.381 e. The number of carbonyl (C=O) groups is 1. The maximum absolute atomic E-state index is 12.2. The summed E-state index contributed by atoms with van der Waals surface area (Å²) in [5.74, 6) is 1.64. The van der Waals surface area contributed by atoms with Gasteiger partial charge in [-0.15, -0.1) is 0 Å². The Bertz CT molecular complexity index is 357. The van der Waals surface area contributed by atoms with Crippen LogP contribution in [-0.2, 0) is 14.3 Å². The highest BCUT2D eigenvalue weighted by Gasteiger charge is 2.25. The normalized spacial score (nSPS) is 26.3. The van der Waals surface area contributed by atoms with Gasteiger partial charge in [-0.1, -0.05) is 0 Å². The molecule has 3 saturated heterocycles. The minimum absolute atomic E-state index is 0.250. The maximum Gasteiger partial charge on any atom is 0.220 e. The van der Waals surface area contributed by atoms with Crippen molar-refractivity contribution in [2.75, 3.05) is 46.1 Å². The summed E-state index contributed by atoms with van der Waals surface area (Å²) in [5, 5.41) is 3.20. The van der Waals surface area contributed by atoms with Gasteiger partial charge in [0.05, 0.1) is 0 Å². The summed E-state index contributed by atoms with van der Waals surface area (Å²) in [6, 6.07) is 0.338. The van der Waals surface area contributed by atoms with E-state index in [9.17, 15) is 4.79 Å². The number of nitrogens with zero attached hydrogens (tertiary/aromatic N) is 1. The van der Waals surface area contributed by atoms with Crippen LogP contribution in [0.15, 0.2) is 0 Å². The Balaban J connectivity index is 1.31. The van der Waals surface area contributed by atoms with E-state index in [2.05, 4.69) is 10.2 Å². The molecule has 132 valence electrons. The number of nitrogens with one attached hydrogen (secondary N) is 1. The first-order valence-corrected chi connectivity index (χ1v) is 9.47. The van der Waals surface area contributed by atoms with E-state index in [-0.39, 0.29) is 5.91 Å². The highest BCUT2D eigenvalue weighted by molar-refractivity contribution is 5.76. The van der Waals surface area contributed by atoms with E-state index >= 15 is 0 Å². The molecule has 3 aliphatic heterocycles. The van der Waals surface area contributed by atoms with E-state index < -0.39 is 0 Å². The van der Waals surface area contributed by atoms with E-state index in [0.717, 1.165) is 58.3 Å². The lowest BCUT2D eigenvalue weighted by Gasteiger charge is -2.35. The third-order valence-corrected chi connectivity index (χ3v) is 5.62. The van der Waals surface area contributed by atoms with Crippen LogP contribution in [0.2, 0.25) is 0 Å². The van der Waals surface area contributed by atoms with Crippen molar-refractivity contribution < 1.29 is 14.3 Å². The van der Waals surface area contributed by atoms with Crippen LogP contribution in [-0.4, -0.2) is 62.9 Å². The zero-order valence-corrected chi connectivity index (χ0v) is 14.3. The van der Waals surface area contributed by atoms with Crippen molar-refractivity contribution in [3.8, 4) is 0 Å². The molecule has 0 aliphatic carbocycles. The Morgan fingerprint density at radius 3 is 2.13 bits per heavy atom. The molecule has 5 heteroatoms. The first kappa shape index (κ1) is 17.2. The SMILES string of the molecule is O=C(CC1CCN(CC2CCOCC2)CC1)NC1CCOCC1. The van der Waals surface area contributed by atoms with Crippen LogP contribution in [0.3, 0.4) is 0 Å². The highest BCUT2D eigenvalue weighted by Crippen LogP contribution is 2.23. The third kappa shape index (κ3) is 5.73. The summed E-state index contributed by atoms with van der Waals surface area (Å²) in [6.07, 6.45) is 7.42. The van der Waals surface area contributed by atoms with Crippen LogP contribution in [0, 0.1) is 11.8 Å². The molecule has 0 unspecified atom stereocenters. The lowest BCUT2D eigenvalue weighted by atomic mass is 9.91. The first-order valence-electron chi connectivity index (χ1n) is 9.47. The summed E-state index contributed by atoms with van der Waals surface area (Å²) in [7, 11) is 0. The number of ether oxygens (including phenoxy) is 2. The highest BCUT2D eigenvalue weighted by atomic mass is 16.5. The van der Waals surface area contributed by atoms with Gasteiger partial charge in [0.25, 0.3) is 0 Å². The second kappa shape index (κ2) is 9.00. The molecule has 3 rings (SSSR count). The predicted octanol–water partition coefficient (Wildman–Crippen LogP) is 1.81. The maximum atomic E-state index is 12.2. The van der Waals surface area contributed by atoms with Crippen LogP contribution >= 0.6 is 0 Å². The van der Waals surface area contributed by atoms with Crippen LogP contribution < -0.4 is 5.32 Å². The average molecular weight is 324 g/mol. The van der Waals surface area contributed by atoms with Gasteiger partial charge >= 0.3 is 0 Å².